The van der Waals surface area contributed by atoms with E-state index in [0.29, 0.717) is 6.54 Å². The minimum atomic E-state index is 0.0915. The van der Waals surface area contributed by atoms with Crippen LogP contribution in [0.2, 0.25) is 0 Å². The van der Waals surface area contributed by atoms with Crippen LogP contribution in [0.4, 0.5) is 5.82 Å². The van der Waals surface area contributed by atoms with Crippen molar-refractivity contribution in [2.45, 2.75) is 24.8 Å². The van der Waals surface area contributed by atoms with Gasteiger partial charge in [-0.25, -0.2) is 9.97 Å². The van der Waals surface area contributed by atoms with Gasteiger partial charge in [0.2, 0.25) is 0 Å². The molecule has 1 fully saturated rings. The van der Waals surface area contributed by atoms with Crippen LogP contribution in [0.25, 0.3) is 0 Å². The zero-order valence-corrected chi connectivity index (χ0v) is 9.99. The molecule has 1 saturated carbocycles. The first kappa shape index (κ1) is 10.1. The SMILES string of the molecule is NCC1(Nc2ncncc2I)CCC1. The first-order valence-electron chi connectivity index (χ1n) is 4.69. The molecule has 0 atom stereocenters. The third-order valence-corrected chi connectivity index (χ3v) is 3.54. The highest BCUT2D eigenvalue weighted by molar-refractivity contribution is 14.1. The summed E-state index contributed by atoms with van der Waals surface area (Å²) in [6, 6.07) is 0. The van der Waals surface area contributed by atoms with Crippen molar-refractivity contribution in [1.82, 2.24) is 9.97 Å². The van der Waals surface area contributed by atoms with Crippen LogP contribution in [-0.4, -0.2) is 22.1 Å². The number of nitrogens with two attached hydrogens (primary N) is 1. The molecular weight excluding hydrogens is 291 g/mol. The van der Waals surface area contributed by atoms with Gasteiger partial charge in [-0.2, -0.15) is 0 Å². The van der Waals surface area contributed by atoms with Crippen molar-refractivity contribution >= 4 is 28.4 Å². The molecule has 2 rings (SSSR count). The fraction of sp³-hybridized carbons (Fsp3) is 0.556. The van der Waals surface area contributed by atoms with Gasteiger partial charge in [-0.3, -0.25) is 0 Å². The molecule has 1 aromatic rings. The van der Waals surface area contributed by atoms with E-state index in [9.17, 15) is 0 Å². The summed E-state index contributed by atoms with van der Waals surface area (Å²) in [6.45, 7) is 0.674. The van der Waals surface area contributed by atoms with Gasteiger partial charge in [-0.05, 0) is 41.9 Å². The minimum Gasteiger partial charge on any atom is -0.362 e. The topological polar surface area (TPSA) is 63.8 Å². The highest BCUT2D eigenvalue weighted by Crippen LogP contribution is 2.34. The van der Waals surface area contributed by atoms with Gasteiger partial charge in [-0.15, -0.1) is 0 Å². The first-order chi connectivity index (χ1) is 6.76. The van der Waals surface area contributed by atoms with Crippen LogP contribution in [0.3, 0.4) is 0 Å². The number of nitrogens with zero attached hydrogens (tertiary/aromatic N) is 2. The highest BCUT2D eigenvalue weighted by Gasteiger charge is 2.36. The third kappa shape index (κ3) is 1.83. The van der Waals surface area contributed by atoms with E-state index in [0.717, 1.165) is 22.2 Å². The van der Waals surface area contributed by atoms with E-state index >= 15 is 0 Å². The lowest BCUT2D eigenvalue weighted by molar-refractivity contribution is 0.286. The Hall–Kier alpha value is -0.430. The summed E-state index contributed by atoms with van der Waals surface area (Å²) < 4.78 is 1.05. The van der Waals surface area contributed by atoms with E-state index in [2.05, 4.69) is 37.9 Å². The molecule has 1 aliphatic rings. The van der Waals surface area contributed by atoms with Gasteiger partial charge >= 0.3 is 0 Å². The summed E-state index contributed by atoms with van der Waals surface area (Å²) in [5, 5.41) is 3.43. The summed E-state index contributed by atoms with van der Waals surface area (Å²) in [7, 11) is 0. The fourth-order valence-electron chi connectivity index (χ4n) is 1.64. The molecule has 4 nitrogen and oxygen atoms in total. The zero-order valence-electron chi connectivity index (χ0n) is 7.83. The molecule has 14 heavy (non-hydrogen) atoms. The Balaban J connectivity index is 2.13. The van der Waals surface area contributed by atoms with Gasteiger partial charge in [0, 0.05) is 12.7 Å². The molecule has 0 unspecified atom stereocenters. The molecule has 76 valence electrons. The minimum absolute atomic E-state index is 0.0915. The van der Waals surface area contributed by atoms with E-state index in [1.807, 2.05) is 0 Å². The van der Waals surface area contributed by atoms with Crippen LogP contribution in [0, 0.1) is 3.57 Å². The van der Waals surface area contributed by atoms with Crippen LogP contribution in [0.5, 0.6) is 0 Å². The molecule has 0 aliphatic heterocycles. The molecule has 0 bridgehead atoms. The zero-order chi connectivity index (χ0) is 10.0. The second-order valence-corrected chi connectivity index (χ2v) is 4.84. The predicted octanol–water partition coefficient (Wildman–Crippen LogP) is 1.37. The summed E-state index contributed by atoms with van der Waals surface area (Å²) in [5.74, 6) is 0.908. The molecule has 5 heteroatoms. The maximum Gasteiger partial charge on any atom is 0.143 e. The van der Waals surface area contributed by atoms with Crippen LogP contribution in [0.15, 0.2) is 12.5 Å². The van der Waals surface area contributed by atoms with Crippen molar-refractivity contribution in [3.05, 3.63) is 16.1 Å². The maximum atomic E-state index is 5.76. The van der Waals surface area contributed by atoms with E-state index in [4.69, 9.17) is 5.73 Å². The van der Waals surface area contributed by atoms with Crippen molar-refractivity contribution in [1.29, 1.82) is 0 Å². The Kier molecular flexibility index (Phi) is 2.87. The van der Waals surface area contributed by atoms with Crippen molar-refractivity contribution in [3.63, 3.8) is 0 Å². The van der Waals surface area contributed by atoms with E-state index in [1.54, 1.807) is 12.5 Å². The lowest BCUT2D eigenvalue weighted by Gasteiger charge is -2.42. The standard InChI is InChI=1S/C9H13IN4/c10-7-4-12-6-13-8(7)14-9(5-11)2-1-3-9/h4,6H,1-3,5,11H2,(H,12,13,14). The number of halogens is 1. The van der Waals surface area contributed by atoms with Crippen LogP contribution < -0.4 is 11.1 Å². The third-order valence-electron chi connectivity index (χ3n) is 2.75. The molecule has 0 saturated heterocycles. The average Bonchev–Trinajstić information content (AvgIpc) is 2.14. The Bertz CT molecular complexity index is 319. The lowest BCUT2D eigenvalue weighted by Crippen LogP contribution is -2.51. The van der Waals surface area contributed by atoms with Crippen molar-refractivity contribution in [2.24, 2.45) is 5.73 Å². The molecule has 1 aromatic heterocycles. The first-order valence-corrected chi connectivity index (χ1v) is 5.77. The number of rotatable bonds is 3. The van der Waals surface area contributed by atoms with Crippen LogP contribution >= 0.6 is 22.6 Å². The van der Waals surface area contributed by atoms with Crippen molar-refractivity contribution in [2.75, 3.05) is 11.9 Å². The number of nitrogens with one attached hydrogen (secondary N) is 1. The number of aromatic nitrogens is 2. The second kappa shape index (κ2) is 3.98. The predicted molar refractivity (Wildman–Crippen MR) is 64.0 cm³/mol. The Morgan fingerprint density at radius 1 is 1.57 bits per heavy atom. The number of anilines is 1. The van der Waals surface area contributed by atoms with Crippen LogP contribution in [0.1, 0.15) is 19.3 Å². The number of hydrogen-bond acceptors (Lipinski definition) is 4. The molecule has 1 heterocycles. The molecule has 0 radical (unpaired) electrons. The normalized spacial score (nSPS) is 18.7. The van der Waals surface area contributed by atoms with Gasteiger partial charge in [0.15, 0.2) is 0 Å². The monoisotopic (exact) mass is 304 g/mol. The van der Waals surface area contributed by atoms with Crippen LogP contribution in [-0.2, 0) is 0 Å². The Morgan fingerprint density at radius 2 is 2.36 bits per heavy atom. The van der Waals surface area contributed by atoms with E-state index in [1.165, 1.54) is 6.42 Å². The Labute approximate surface area is 96.8 Å². The fourth-order valence-corrected chi connectivity index (χ4v) is 2.07. The lowest BCUT2D eigenvalue weighted by atomic mass is 9.77. The highest BCUT2D eigenvalue weighted by atomic mass is 127. The summed E-state index contributed by atoms with van der Waals surface area (Å²) >= 11 is 2.23. The van der Waals surface area contributed by atoms with E-state index < -0.39 is 0 Å². The molecular formula is C9H13IN4. The number of hydrogen-bond donors (Lipinski definition) is 2. The maximum absolute atomic E-state index is 5.76. The molecule has 0 aromatic carbocycles. The second-order valence-electron chi connectivity index (χ2n) is 3.68. The van der Waals surface area contributed by atoms with Gasteiger partial charge in [-0.1, -0.05) is 0 Å². The van der Waals surface area contributed by atoms with Crippen molar-refractivity contribution in [3.8, 4) is 0 Å². The summed E-state index contributed by atoms with van der Waals surface area (Å²) in [6.07, 6.45) is 6.91. The van der Waals surface area contributed by atoms with Gasteiger partial charge in [0.05, 0.1) is 9.11 Å². The smallest absolute Gasteiger partial charge is 0.143 e. The van der Waals surface area contributed by atoms with Gasteiger partial charge in [0.25, 0.3) is 0 Å². The average molecular weight is 304 g/mol. The molecule has 3 N–H and O–H groups in total. The quantitative estimate of drug-likeness (QED) is 0.828. The molecule has 0 spiro atoms. The Morgan fingerprint density at radius 3 is 2.86 bits per heavy atom. The summed E-state index contributed by atoms with van der Waals surface area (Å²) in [4.78, 5) is 8.16. The molecule has 1 aliphatic carbocycles. The van der Waals surface area contributed by atoms with Gasteiger partial charge in [0.1, 0.15) is 12.1 Å². The summed E-state index contributed by atoms with van der Waals surface area (Å²) in [5.41, 5.74) is 5.85. The van der Waals surface area contributed by atoms with Gasteiger partial charge < -0.3 is 11.1 Å². The largest absolute Gasteiger partial charge is 0.362 e. The molecule has 0 amide bonds. The van der Waals surface area contributed by atoms with Crippen molar-refractivity contribution < 1.29 is 0 Å². The van der Waals surface area contributed by atoms with E-state index in [-0.39, 0.29) is 5.54 Å².